The Balaban J connectivity index is 1.77. The highest BCUT2D eigenvalue weighted by atomic mass is 79.9. The van der Waals surface area contributed by atoms with Crippen molar-refractivity contribution in [1.82, 2.24) is 0 Å². The van der Waals surface area contributed by atoms with Gasteiger partial charge in [-0.05, 0) is 36.5 Å². The molecule has 2 rings (SSSR count). The molecule has 1 saturated heterocycles. The molecule has 1 heterocycles. The first kappa shape index (κ1) is 14.3. The molecule has 0 aliphatic carbocycles. The SMILES string of the molecule is CCCCC[Si]1CCC(c2ccc(Br)cc2)CC1. The minimum absolute atomic E-state index is 0.0226. The van der Waals surface area contributed by atoms with E-state index in [1.165, 1.54) is 36.6 Å². The lowest BCUT2D eigenvalue weighted by Gasteiger charge is -2.27. The average molecular weight is 324 g/mol. The summed E-state index contributed by atoms with van der Waals surface area (Å²) < 4.78 is 1.20. The van der Waals surface area contributed by atoms with E-state index in [-0.39, 0.29) is 8.80 Å². The maximum atomic E-state index is 3.52. The predicted octanol–water partition coefficient (Wildman–Crippen LogP) is 6.01. The van der Waals surface area contributed by atoms with E-state index in [2.05, 4.69) is 47.1 Å². The first-order chi connectivity index (χ1) is 8.79. The van der Waals surface area contributed by atoms with E-state index >= 15 is 0 Å². The molecule has 2 heteroatoms. The largest absolute Gasteiger partial charge is 0.0654 e. The van der Waals surface area contributed by atoms with Crippen LogP contribution in [0, 0.1) is 0 Å². The summed E-state index contributed by atoms with van der Waals surface area (Å²) in [5, 5.41) is 0. The molecule has 99 valence electrons. The highest BCUT2D eigenvalue weighted by Crippen LogP contribution is 2.35. The summed E-state index contributed by atoms with van der Waals surface area (Å²) >= 11 is 3.52. The predicted molar refractivity (Wildman–Crippen MR) is 85.8 cm³/mol. The van der Waals surface area contributed by atoms with Gasteiger partial charge in [-0.15, -0.1) is 0 Å². The van der Waals surface area contributed by atoms with Gasteiger partial charge in [0.25, 0.3) is 0 Å². The number of halogens is 1. The second-order valence-electron chi connectivity index (χ2n) is 5.53. The van der Waals surface area contributed by atoms with Crippen LogP contribution in [0.25, 0.3) is 0 Å². The van der Waals surface area contributed by atoms with Crippen LogP contribution in [-0.2, 0) is 0 Å². The Morgan fingerprint density at radius 1 is 1.11 bits per heavy atom. The van der Waals surface area contributed by atoms with Gasteiger partial charge in [0.2, 0.25) is 0 Å². The maximum absolute atomic E-state index is 3.52. The van der Waals surface area contributed by atoms with E-state index in [1.807, 2.05) is 0 Å². The molecule has 0 bridgehead atoms. The third kappa shape index (κ3) is 4.24. The zero-order valence-electron chi connectivity index (χ0n) is 11.4. The van der Waals surface area contributed by atoms with Crippen molar-refractivity contribution in [3.8, 4) is 0 Å². The average Bonchev–Trinajstić information content (AvgIpc) is 2.41. The summed E-state index contributed by atoms with van der Waals surface area (Å²) in [6.45, 7) is 2.31. The van der Waals surface area contributed by atoms with Gasteiger partial charge in [-0.2, -0.15) is 0 Å². The van der Waals surface area contributed by atoms with E-state index in [1.54, 1.807) is 23.7 Å². The van der Waals surface area contributed by atoms with Gasteiger partial charge in [-0.3, -0.25) is 0 Å². The zero-order chi connectivity index (χ0) is 12.8. The van der Waals surface area contributed by atoms with Gasteiger partial charge in [-0.1, -0.05) is 72.4 Å². The summed E-state index contributed by atoms with van der Waals surface area (Å²) in [6, 6.07) is 13.7. The van der Waals surface area contributed by atoms with Crippen LogP contribution in [0.1, 0.15) is 50.5 Å². The van der Waals surface area contributed by atoms with E-state index < -0.39 is 0 Å². The van der Waals surface area contributed by atoms with Gasteiger partial charge >= 0.3 is 0 Å². The van der Waals surface area contributed by atoms with Crippen molar-refractivity contribution < 1.29 is 0 Å². The minimum atomic E-state index is 0.0226. The Kier molecular flexibility index (Phi) is 5.96. The molecule has 0 spiro atoms. The number of rotatable bonds is 5. The molecule has 1 aliphatic heterocycles. The van der Waals surface area contributed by atoms with Crippen LogP contribution in [0.5, 0.6) is 0 Å². The van der Waals surface area contributed by atoms with Crippen LogP contribution in [0.2, 0.25) is 18.1 Å². The van der Waals surface area contributed by atoms with Crippen LogP contribution >= 0.6 is 15.9 Å². The Labute approximate surface area is 122 Å². The zero-order valence-corrected chi connectivity index (χ0v) is 14.0. The van der Waals surface area contributed by atoms with Crippen molar-refractivity contribution in [3.63, 3.8) is 0 Å². The van der Waals surface area contributed by atoms with Gasteiger partial charge in [0.15, 0.2) is 0 Å². The van der Waals surface area contributed by atoms with Gasteiger partial charge in [0.05, 0.1) is 0 Å². The molecule has 0 saturated carbocycles. The summed E-state index contributed by atoms with van der Waals surface area (Å²) in [7, 11) is 0.0226. The Morgan fingerprint density at radius 2 is 1.78 bits per heavy atom. The lowest BCUT2D eigenvalue weighted by molar-refractivity contribution is 0.603. The number of unbranched alkanes of at least 4 members (excludes halogenated alkanes) is 2. The van der Waals surface area contributed by atoms with Gasteiger partial charge < -0.3 is 0 Å². The molecule has 1 aromatic rings. The molecule has 1 fully saturated rings. The van der Waals surface area contributed by atoms with E-state index in [9.17, 15) is 0 Å². The normalized spacial score (nSPS) is 18.1. The highest BCUT2D eigenvalue weighted by molar-refractivity contribution is 9.10. The second-order valence-corrected chi connectivity index (χ2v) is 9.45. The topological polar surface area (TPSA) is 0 Å². The van der Waals surface area contributed by atoms with Crippen molar-refractivity contribution in [2.75, 3.05) is 0 Å². The number of hydrogen-bond acceptors (Lipinski definition) is 0. The van der Waals surface area contributed by atoms with E-state index in [0.717, 1.165) is 5.92 Å². The van der Waals surface area contributed by atoms with Crippen molar-refractivity contribution in [1.29, 1.82) is 0 Å². The van der Waals surface area contributed by atoms with Crippen molar-refractivity contribution in [2.24, 2.45) is 0 Å². The van der Waals surface area contributed by atoms with Crippen LogP contribution in [0.4, 0.5) is 0 Å². The van der Waals surface area contributed by atoms with Crippen LogP contribution in [0.15, 0.2) is 28.7 Å². The van der Waals surface area contributed by atoms with Gasteiger partial charge in [0, 0.05) is 13.3 Å². The summed E-state index contributed by atoms with van der Waals surface area (Å²) in [4.78, 5) is 0. The Morgan fingerprint density at radius 3 is 2.39 bits per heavy atom. The molecule has 1 aliphatic rings. The third-order valence-electron chi connectivity index (χ3n) is 4.17. The third-order valence-corrected chi connectivity index (χ3v) is 7.75. The van der Waals surface area contributed by atoms with Crippen molar-refractivity contribution >= 4 is 24.7 Å². The number of hydrogen-bond donors (Lipinski definition) is 0. The van der Waals surface area contributed by atoms with Gasteiger partial charge in [-0.25, -0.2) is 0 Å². The van der Waals surface area contributed by atoms with Crippen molar-refractivity contribution in [2.45, 2.75) is 63.1 Å². The molecule has 0 N–H and O–H groups in total. The first-order valence-corrected chi connectivity index (χ1v) is 10.3. The summed E-state index contributed by atoms with van der Waals surface area (Å²) in [5.41, 5.74) is 1.56. The monoisotopic (exact) mass is 323 g/mol. The lowest BCUT2D eigenvalue weighted by atomic mass is 9.94. The molecule has 1 radical (unpaired) electrons. The molecule has 18 heavy (non-hydrogen) atoms. The maximum Gasteiger partial charge on any atom is 0.0479 e. The van der Waals surface area contributed by atoms with Crippen LogP contribution in [-0.4, -0.2) is 8.80 Å². The highest BCUT2D eigenvalue weighted by Gasteiger charge is 2.22. The quantitative estimate of drug-likeness (QED) is 0.459. The fourth-order valence-corrected chi connectivity index (χ4v) is 6.25. The van der Waals surface area contributed by atoms with E-state index in [0.29, 0.717) is 0 Å². The first-order valence-electron chi connectivity index (χ1n) is 7.38. The fraction of sp³-hybridized carbons (Fsp3) is 0.625. The molecular weight excluding hydrogens is 300 g/mol. The molecule has 0 atom stereocenters. The molecule has 1 aromatic carbocycles. The summed E-state index contributed by atoms with van der Waals surface area (Å²) in [6.07, 6.45) is 7.21. The molecule has 0 unspecified atom stereocenters. The molecule has 0 aromatic heterocycles. The standard InChI is InChI=1S/C16H24BrSi/c1-2-3-4-11-18-12-9-15(10-13-18)14-5-7-16(17)8-6-14/h5-8,15H,2-4,9-13H2,1H3. The fourth-order valence-electron chi connectivity index (χ4n) is 2.97. The second kappa shape index (κ2) is 7.49. The number of benzene rings is 1. The minimum Gasteiger partial charge on any atom is -0.0654 e. The molecule has 0 amide bonds. The Hall–Kier alpha value is -0.0831. The van der Waals surface area contributed by atoms with Crippen molar-refractivity contribution in [3.05, 3.63) is 34.3 Å². The van der Waals surface area contributed by atoms with Crippen LogP contribution < -0.4 is 0 Å². The molecule has 0 nitrogen and oxygen atoms in total. The molecular formula is C16H24BrSi. The lowest BCUT2D eigenvalue weighted by Crippen LogP contribution is -2.20. The van der Waals surface area contributed by atoms with Gasteiger partial charge in [0.1, 0.15) is 0 Å². The Bertz CT molecular complexity index is 339. The van der Waals surface area contributed by atoms with E-state index in [4.69, 9.17) is 0 Å². The van der Waals surface area contributed by atoms with Crippen LogP contribution in [0.3, 0.4) is 0 Å². The smallest absolute Gasteiger partial charge is 0.0479 e. The summed E-state index contributed by atoms with van der Waals surface area (Å²) in [5.74, 6) is 0.845.